The smallest absolute Gasteiger partial charge is 0.255 e. The minimum atomic E-state index is 0.118. The lowest BCUT2D eigenvalue weighted by molar-refractivity contribution is -0.131. The number of likely N-dealkylation sites (tertiary alicyclic amines) is 1. The van der Waals surface area contributed by atoms with E-state index in [9.17, 15) is 9.59 Å². The van der Waals surface area contributed by atoms with Crippen LogP contribution in [0.15, 0.2) is 54.9 Å². The largest absolute Gasteiger partial charge is 0.368 e. The van der Waals surface area contributed by atoms with Gasteiger partial charge in [0.05, 0.1) is 5.56 Å². The van der Waals surface area contributed by atoms with Crippen LogP contribution in [-0.4, -0.2) is 89.4 Å². The number of piperidine rings is 3. The molecule has 7 nitrogen and oxygen atoms in total. The Morgan fingerprint density at radius 2 is 1.68 bits per heavy atom. The molecule has 4 fully saturated rings. The number of piperazine rings is 1. The normalized spacial score (nSPS) is 27.6. The van der Waals surface area contributed by atoms with Crippen molar-refractivity contribution >= 4 is 17.5 Å². The Kier molecular flexibility index (Phi) is 7.63. The Morgan fingerprint density at radius 1 is 0.895 bits per heavy atom. The predicted molar refractivity (Wildman–Crippen MR) is 149 cm³/mol. The number of nitrogens with zero attached hydrogens (tertiary/aromatic N) is 5. The number of aromatic nitrogens is 1. The number of carbonyl (C=O) groups is 2. The molecule has 1 aromatic carbocycles. The van der Waals surface area contributed by atoms with Gasteiger partial charge in [0.15, 0.2) is 0 Å². The summed E-state index contributed by atoms with van der Waals surface area (Å²) in [7, 11) is 0. The van der Waals surface area contributed by atoms with E-state index < -0.39 is 0 Å². The molecule has 6 rings (SSSR count). The molecule has 7 heteroatoms. The van der Waals surface area contributed by atoms with Crippen molar-refractivity contribution in [3.8, 4) is 0 Å². The maximum absolute atomic E-state index is 13.7. The molecule has 2 aromatic rings. The van der Waals surface area contributed by atoms with E-state index in [2.05, 4.69) is 43.9 Å². The summed E-state index contributed by atoms with van der Waals surface area (Å²) < 4.78 is 0. The van der Waals surface area contributed by atoms with E-state index in [-0.39, 0.29) is 17.9 Å². The quantitative estimate of drug-likeness (QED) is 0.584. The lowest BCUT2D eigenvalue weighted by atomic mass is 9.69. The van der Waals surface area contributed by atoms with Crippen LogP contribution in [-0.2, 0) is 4.79 Å². The molecule has 0 aliphatic carbocycles. The van der Waals surface area contributed by atoms with Gasteiger partial charge in [0.1, 0.15) is 0 Å². The topological polar surface area (TPSA) is 60.0 Å². The summed E-state index contributed by atoms with van der Waals surface area (Å²) in [5, 5.41) is 0. The van der Waals surface area contributed by atoms with Crippen molar-refractivity contribution in [3.05, 3.63) is 60.4 Å². The van der Waals surface area contributed by atoms with Gasteiger partial charge in [-0.2, -0.15) is 0 Å². The highest BCUT2D eigenvalue weighted by Crippen LogP contribution is 2.43. The van der Waals surface area contributed by atoms with Gasteiger partial charge < -0.3 is 14.7 Å². The van der Waals surface area contributed by atoms with Gasteiger partial charge >= 0.3 is 0 Å². The first-order valence-corrected chi connectivity index (χ1v) is 14.7. The molecule has 0 N–H and O–H groups in total. The number of carbonyl (C=O) groups excluding carboxylic acids is 2. The summed E-state index contributed by atoms with van der Waals surface area (Å²) in [6, 6.07) is 15.0. The highest BCUT2D eigenvalue weighted by Gasteiger charge is 2.49. The summed E-state index contributed by atoms with van der Waals surface area (Å²) >= 11 is 0. The molecule has 5 heterocycles. The molecular weight excluding hydrogens is 474 g/mol. The molecule has 1 aromatic heterocycles. The molecule has 0 bridgehead atoms. The molecular formula is C31H41N5O2. The third-order valence-corrected chi connectivity index (χ3v) is 9.49. The molecule has 4 aliphatic heterocycles. The van der Waals surface area contributed by atoms with Gasteiger partial charge in [0.25, 0.3) is 5.91 Å². The highest BCUT2D eigenvalue weighted by atomic mass is 16.2. The number of benzene rings is 1. The molecule has 4 aliphatic rings. The Morgan fingerprint density at radius 3 is 2.45 bits per heavy atom. The lowest BCUT2D eigenvalue weighted by Gasteiger charge is -2.57. The van der Waals surface area contributed by atoms with Gasteiger partial charge in [0, 0.05) is 69.3 Å². The van der Waals surface area contributed by atoms with Crippen LogP contribution in [0.5, 0.6) is 0 Å². The molecule has 202 valence electrons. The molecule has 0 spiro atoms. The van der Waals surface area contributed by atoms with Crippen molar-refractivity contribution in [2.75, 3.05) is 50.7 Å². The number of hydrogen-bond acceptors (Lipinski definition) is 5. The zero-order valence-corrected chi connectivity index (χ0v) is 22.5. The second-order valence-corrected chi connectivity index (χ2v) is 11.6. The number of hydrogen-bond donors (Lipinski definition) is 0. The fraction of sp³-hybridized carbons (Fsp3) is 0.581. The first-order chi connectivity index (χ1) is 18.7. The summed E-state index contributed by atoms with van der Waals surface area (Å²) in [6.45, 7) is 6.57. The van der Waals surface area contributed by atoms with E-state index in [1.807, 2.05) is 23.1 Å². The maximum Gasteiger partial charge on any atom is 0.255 e. The van der Waals surface area contributed by atoms with Gasteiger partial charge in [-0.25, -0.2) is 0 Å². The highest BCUT2D eigenvalue weighted by molar-refractivity contribution is 5.94. The second kappa shape index (κ2) is 11.4. The third-order valence-electron chi connectivity index (χ3n) is 9.49. The van der Waals surface area contributed by atoms with Crippen molar-refractivity contribution < 1.29 is 9.59 Å². The lowest BCUT2D eigenvalue weighted by Crippen LogP contribution is -2.65. The number of para-hydroxylation sites is 1. The third kappa shape index (κ3) is 5.18. The van der Waals surface area contributed by atoms with Crippen LogP contribution in [0.2, 0.25) is 0 Å². The van der Waals surface area contributed by atoms with Crippen LogP contribution in [0, 0.1) is 11.8 Å². The standard InChI is InChI=1S/C31H41N5O2/c37-29(34-20-18-33(19-21-34)26-10-2-1-3-11-26)14-4-13-28-27-12-7-17-35-16-6-9-25(30(27)35)23-36(28)31(38)24-8-5-15-32-22-24/h1-3,5,8,10-11,15,22,25,27-28,30H,4,6-7,9,12-14,16-21,23H2. The minimum absolute atomic E-state index is 0.118. The fourth-order valence-electron chi connectivity index (χ4n) is 7.73. The Hall–Kier alpha value is -2.93. The maximum atomic E-state index is 13.7. The van der Waals surface area contributed by atoms with E-state index >= 15 is 0 Å². The van der Waals surface area contributed by atoms with Gasteiger partial charge in [-0.15, -0.1) is 0 Å². The SMILES string of the molecule is O=C(CCCC1C2CCCN3CCCC(CN1C(=O)c1cccnc1)C23)N1CCN(c2ccccc2)CC1. The molecule has 2 amide bonds. The van der Waals surface area contributed by atoms with Crippen molar-refractivity contribution in [3.63, 3.8) is 0 Å². The van der Waals surface area contributed by atoms with Crippen LogP contribution in [0.25, 0.3) is 0 Å². The number of rotatable bonds is 6. The van der Waals surface area contributed by atoms with Crippen molar-refractivity contribution in [2.45, 2.75) is 57.0 Å². The predicted octanol–water partition coefficient (Wildman–Crippen LogP) is 3.92. The van der Waals surface area contributed by atoms with Crippen molar-refractivity contribution in [2.24, 2.45) is 11.8 Å². The van der Waals surface area contributed by atoms with Crippen LogP contribution in [0.3, 0.4) is 0 Å². The van der Waals surface area contributed by atoms with Gasteiger partial charge in [0.2, 0.25) is 5.91 Å². The Balaban J connectivity index is 1.10. The van der Waals surface area contributed by atoms with E-state index in [1.165, 1.54) is 44.5 Å². The van der Waals surface area contributed by atoms with Gasteiger partial charge in [-0.1, -0.05) is 18.2 Å². The number of pyridine rings is 1. The van der Waals surface area contributed by atoms with E-state index in [1.54, 1.807) is 12.4 Å². The van der Waals surface area contributed by atoms with E-state index in [4.69, 9.17) is 0 Å². The molecule has 4 saturated heterocycles. The molecule has 4 unspecified atom stereocenters. The van der Waals surface area contributed by atoms with Crippen LogP contribution in [0.4, 0.5) is 5.69 Å². The molecule has 4 atom stereocenters. The summed E-state index contributed by atoms with van der Waals surface area (Å²) in [5.41, 5.74) is 1.92. The molecule has 0 saturated carbocycles. The van der Waals surface area contributed by atoms with E-state index in [0.29, 0.717) is 29.9 Å². The number of anilines is 1. The second-order valence-electron chi connectivity index (χ2n) is 11.6. The zero-order chi connectivity index (χ0) is 25.9. The molecule has 0 radical (unpaired) electrons. The van der Waals surface area contributed by atoms with Crippen molar-refractivity contribution in [1.82, 2.24) is 19.7 Å². The Labute approximate surface area is 226 Å². The molecule has 38 heavy (non-hydrogen) atoms. The minimum Gasteiger partial charge on any atom is -0.368 e. The van der Waals surface area contributed by atoms with Crippen molar-refractivity contribution in [1.29, 1.82) is 0 Å². The van der Waals surface area contributed by atoms with E-state index in [0.717, 1.165) is 45.6 Å². The van der Waals surface area contributed by atoms with Gasteiger partial charge in [-0.05, 0) is 87.7 Å². The Bertz CT molecular complexity index is 1090. The summed E-state index contributed by atoms with van der Waals surface area (Å²) in [4.78, 5) is 40.4. The summed E-state index contributed by atoms with van der Waals surface area (Å²) in [6.07, 6.45) is 10.6. The van der Waals surface area contributed by atoms with Crippen LogP contribution in [0.1, 0.15) is 55.3 Å². The zero-order valence-electron chi connectivity index (χ0n) is 22.5. The first kappa shape index (κ1) is 25.4. The average molecular weight is 516 g/mol. The summed E-state index contributed by atoms with van der Waals surface area (Å²) in [5.74, 6) is 1.45. The first-order valence-electron chi connectivity index (χ1n) is 14.7. The van der Waals surface area contributed by atoms with Gasteiger partial charge in [-0.3, -0.25) is 19.5 Å². The monoisotopic (exact) mass is 515 g/mol. The van der Waals surface area contributed by atoms with Crippen LogP contribution >= 0.6 is 0 Å². The van der Waals surface area contributed by atoms with Crippen LogP contribution < -0.4 is 4.90 Å². The average Bonchev–Trinajstić information content (AvgIpc) is 2.99. The number of amides is 2. The fourth-order valence-corrected chi connectivity index (χ4v) is 7.73.